The predicted octanol–water partition coefficient (Wildman–Crippen LogP) is 3.75. The van der Waals surface area contributed by atoms with Crippen molar-refractivity contribution in [2.24, 2.45) is 0 Å². The van der Waals surface area contributed by atoms with E-state index in [1.54, 1.807) is 23.1 Å². The van der Waals surface area contributed by atoms with E-state index in [2.05, 4.69) is 0 Å². The number of ketones is 1. The monoisotopic (exact) mass is 261 g/mol. The minimum atomic E-state index is 0.162. The van der Waals surface area contributed by atoms with E-state index in [0.717, 1.165) is 21.0 Å². The Kier molecular flexibility index (Phi) is 2.68. The van der Waals surface area contributed by atoms with E-state index >= 15 is 0 Å². The van der Waals surface area contributed by atoms with E-state index in [0.29, 0.717) is 6.42 Å². The number of para-hydroxylation sites is 1. The molecule has 1 aliphatic rings. The first-order chi connectivity index (χ1) is 8.25. The third-order valence-electron chi connectivity index (χ3n) is 2.89. The molecule has 2 nitrogen and oxygen atoms in total. The third kappa shape index (κ3) is 1.87. The number of nitrogens with two attached hydrogens (primary N) is 1. The van der Waals surface area contributed by atoms with Crippen molar-refractivity contribution in [1.82, 2.24) is 0 Å². The molecule has 86 valence electrons. The zero-order chi connectivity index (χ0) is 11.8. The molecule has 2 heterocycles. The molecule has 0 saturated carbocycles. The molecule has 3 rings (SSSR count). The number of benzene rings is 1. The normalized spacial score (nSPS) is 19.1. The fourth-order valence-electron chi connectivity index (χ4n) is 2.02. The summed E-state index contributed by atoms with van der Waals surface area (Å²) in [5.41, 5.74) is 8.70. The molecule has 0 saturated heterocycles. The van der Waals surface area contributed by atoms with Gasteiger partial charge in [0.05, 0.1) is 4.21 Å². The third-order valence-corrected chi connectivity index (χ3v) is 5.32. The van der Waals surface area contributed by atoms with E-state index in [4.69, 9.17) is 5.73 Å². The number of fused-ring (bicyclic) bond motifs is 1. The molecule has 2 N–H and O–H groups in total. The Bertz CT molecular complexity index is 576. The maximum absolute atomic E-state index is 12.0. The van der Waals surface area contributed by atoms with Gasteiger partial charge in [-0.2, -0.15) is 0 Å². The van der Waals surface area contributed by atoms with Gasteiger partial charge in [-0.05, 0) is 23.1 Å². The van der Waals surface area contributed by atoms with Gasteiger partial charge in [0, 0.05) is 22.9 Å². The zero-order valence-electron chi connectivity index (χ0n) is 9.05. The van der Waals surface area contributed by atoms with Crippen molar-refractivity contribution in [3.05, 3.63) is 46.8 Å². The molecule has 4 heteroatoms. The number of nitrogen functional groups attached to an aromatic ring is 1. The summed E-state index contributed by atoms with van der Waals surface area (Å²) in [6.45, 7) is 0. The average Bonchev–Trinajstić information content (AvgIpc) is 2.78. The smallest absolute Gasteiger partial charge is 0.166 e. The Morgan fingerprint density at radius 1 is 1.24 bits per heavy atom. The number of hydrogen-bond donors (Lipinski definition) is 1. The number of carbonyl (C=O) groups excluding carboxylic acids is 1. The summed E-state index contributed by atoms with van der Waals surface area (Å²) in [6.07, 6.45) is 0.544. The van der Waals surface area contributed by atoms with Crippen LogP contribution < -0.4 is 5.73 Å². The predicted molar refractivity (Wildman–Crippen MR) is 72.7 cm³/mol. The standard InChI is InChI=1S/C13H11NOS2/c14-10-4-2-1-3-8(10)12-7-11(15)9-5-6-16-13(9)17-12/h1-6,12H,7,14H2. The van der Waals surface area contributed by atoms with Gasteiger partial charge < -0.3 is 5.73 Å². The van der Waals surface area contributed by atoms with Gasteiger partial charge in [0.25, 0.3) is 0 Å². The molecule has 0 amide bonds. The maximum atomic E-state index is 12.0. The highest BCUT2D eigenvalue weighted by atomic mass is 32.2. The van der Waals surface area contributed by atoms with Crippen LogP contribution in [0.1, 0.15) is 27.6 Å². The fraction of sp³-hybridized carbons (Fsp3) is 0.154. The lowest BCUT2D eigenvalue weighted by Crippen LogP contribution is -2.11. The molecule has 0 radical (unpaired) electrons. The summed E-state index contributed by atoms with van der Waals surface area (Å²) in [7, 11) is 0. The number of thioether (sulfide) groups is 1. The molecule has 2 aromatic rings. The van der Waals surface area contributed by atoms with Crippen LogP contribution >= 0.6 is 23.1 Å². The number of carbonyl (C=O) groups is 1. The molecular weight excluding hydrogens is 250 g/mol. The van der Waals surface area contributed by atoms with Crippen LogP contribution in [-0.4, -0.2) is 5.78 Å². The number of hydrogen-bond acceptors (Lipinski definition) is 4. The molecule has 1 aromatic heterocycles. The highest BCUT2D eigenvalue weighted by Crippen LogP contribution is 2.48. The van der Waals surface area contributed by atoms with Gasteiger partial charge in [0.1, 0.15) is 0 Å². The van der Waals surface area contributed by atoms with Crippen molar-refractivity contribution in [1.29, 1.82) is 0 Å². The largest absolute Gasteiger partial charge is 0.398 e. The van der Waals surface area contributed by atoms with Crippen LogP contribution in [-0.2, 0) is 0 Å². The minimum Gasteiger partial charge on any atom is -0.398 e. The Hall–Kier alpha value is -1.26. The van der Waals surface area contributed by atoms with Gasteiger partial charge in [0.15, 0.2) is 5.78 Å². The summed E-state index contributed by atoms with van der Waals surface area (Å²) in [5, 5.41) is 2.14. The van der Waals surface area contributed by atoms with Gasteiger partial charge in [-0.1, -0.05) is 18.2 Å². The lowest BCUT2D eigenvalue weighted by atomic mass is 10.0. The number of thiophene rings is 1. The van der Waals surface area contributed by atoms with E-state index in [1.807, 2.05) is 35.7 Å². The topological polar surface area (TPSA) is 43.1 Å². The number of Topliss-reactive ketones (excluding diaryl/α,β-unsaturated/α-hetero) is 1. The quantitative estimate of drug-likeness (QED) is 0.795. The van der Waals surface area contributed by atoms with Crippen LogP contribution in [0.5, 0.6) is 0 Å². The van der Waals surface area contributed by atoms with Crippen molar-refractivity contribution in [3.63, 3.8) is 0 Å². The van der Waals surface area contributed by atoms with Crippen molar-refractivity contribution in [3.8, 4) is 0 Å². The van der Waals surface area contributed by atoms with Crippen molar-refractivity contribution < 1.29 is 4.79 Å². The molecule has 0 spiro atoms. The van der Waals surface area contributed by atoms with E-state index < -0.39 is 0 Å². The lowest BCUT2D eigenvalue weighted by molar-refractivity contribution is 0.0977. The molecule has 0 bridgehead atoms. The summed E-state index contributed by atoms with van der Waals surface area (Å²) in [6, 6.07) is 9.72. The lowest BCUT2D eigenvalue weighted by Gasteiger charge is -2.22. The van der Waals surface area contributed by atoms with Gasteiger partial charge >= 0.3 is 0 Å². The minimum absolute atomic E-state index is 0.162. The summed E-state index contributed by atoms with van der Waals surface area (Å²) in [4.78, 5) is 12.0. The van der Waals surface area contributed by atoms with E-state index in [9.17, 15) is 4.79 Å². The van der Waals surface area contributed by atoms with Crippen LogP contribution in [0.2, 0.25) is 0 Å². The molecule has 0 fully saturated rings. The van der Waals surface area contributed by atoms with Crippen LogP contribution in [0.15, 0.2) is 39.9 Å². The van der Waals surface area contributed by atoms with Crippen LogP contribution in [0.25, 0.3) is 0 Å². The Morgan fingerprint density at radius 3 is 2.88 bits per heavy atom. The van der Waals surface area contributed by atoms with Gasteiger partial charge in [0.2, 0.25) is 0 Å². The maximum Gasteiger partial charge on any atom is 0.166 e. The molecular formula is C13H11NOS2. The van der Waals surface area contributed by atoms with Crippen molar-refractivity contribution in [2.45, 2.75) is 15.9 Å². The van der Waals surface area contributed by atoms with Gasteiger partial charge in [-0.15, -0.1) is 23.1 Å². The average molecular weight is 261 g/mol. The summed E-state index contributed by atoms with van der Waals surface area (Å²) in [5.74, 6) is 0.230. The molecule has 1 unspecified atom stereocenters. The zero-order valence-corrected chi connectivity index (χ0v) is 10.7. The number of anilines is 1. The Labute approximate surface area is 108 Å². The number of rotatable bonds is 1. The first-order valence-electron chi connectivity index (χ1n) is 5.37. The highest BCUT2D eigenvalue weighted by molar-refractivity contribution is 8.01. The van der Waals surface area contributed by atoms with Crippen molar-refractivity contribution in [2.75, 3.05) is 5.73 Å². The van der Waals surface area contributed by atoms with Crippen LogP contribution in [0, 0.1) is 0 Å². The molecule has 1 aromatic carbocycles. The highest BCUT2D eigenvalue weighted by Gasteiger charge is 2.28. The van der Waals surface area contributed by atoms with Crippen LogP contribution in [0.4, 0.5) is 5.69 Å². The molecule has 1 aliphatic heterocycles. The van der Waals surface area contributed by atoms with Crippen LogP contribution in [0.3, 0.4) is 0 Å². The molecule has 1 atom stereocenters. The Balaban J connectivity index is 1.99. The fourth-order valence-corrected chi connectivity index (χ4v) is 4.54. The SMILES string of the molecule is Nc1ccccc1C1CC(=O)c2ccsc2S1. The van der Waals surface area contributed by atoms with E-state index in [1.165, 1.54) is 0 Å². The summed E-state index contributed by atoms with van der Waals surface area (Å²) < 4.78 is 1.12. The van der Waals surface area contributed by atoms with Gasteiger partial charge in [-0.3, -0.25) is 4.79 Å². The second-order valence-corrected chi connectivity index (χ2v) is 6.37. The first kappa shape index (κ1) is 10.9. The van der Waals surface area contributed by atoms with Crippen molar-refractivity contribution >= 4 is 34.6 Å². The summed E-state index contributed by atoms with van der Waals surface area (Å²) >= 11 is 3.39. The second-order valence-electron chi connectivity index (χ2n) is 3.98. The second kappa shape index (κ2) is 4.20. The molecule has 17 heavy (non-hydrogen) atoms. The first-order valence-corrected chi connectivity index (χ1v) is 7.13. The van der Waals surface area contributed by atoms with E-state index in [-0.39, 0.29) is 11.0 Å². The molecule has 0 aliphatic carbocycles. The van der Waals surface area contributed by atoms with Gasteiger partial charge in [-0.25, -0.2) is 0 Å². The Morgan fingerprint density at radius 2 is 2.06 bits per heavy atom.